The van der Waals surface area contributed by atoms with Crippen LogP contribution in [0.1, 0.15) is 33.1 Å². The number of imidazole rings is 1. The third kappa shape index (κ3) is 2.50. The number of benzene rings is 2. The molecule has 0 aliphatic carbocycles. The minimum atomic E-state index is -0.623. The number of carbonyl (C=O) groups excluding carboxylic acids is 1. The number of carbonyl (C=O) groups is 1. The summed E-state index contributed by atoms with van der Waals surface area (Å²) in [6, 6.07) is 11.7. The van der Waals surface area contributed by atoms with Crippen LogP contribution in [0.5, 0.6) is 0 Å². The summed E-state index contributed by atoms with van der Waals surface area (Å²) >= 11 is 6.20. The largest absolute Gasteiger partial charge is 0.364 e. The summed E-state index contributed by atoms with van der Waals surface area (Å²) in [5.41, 5.74) is 8.44. The first kappa shape index (κ1) is 16.5. The van der Waals surface area contributed by atoms with E-state index in [9.17, 15) is 9.18 Å². The number of aliphatic imine (C=N–C) groups is 1. The zero-order valence-corrected chi connectivity index (χ0v) is 14.6. The van der Waals surface area contributed by atoms with Gasteiger partial charge < -0.3 is 5.73 Å². The second-order valence-corrected chi connectivity index (χ2v) is 6.40. The lowest BCUT2D eigenvalue weighted by Gasteiger charge is -2.14. The summed E-state index contributed by atoms with van der Waals surface area (Å²) in [4.78, 5) is 20.7. The maximum atomic E-state index is 14.4. The lowest BCUT2D eigenvalue weighted by Crippen LogP contribution is -2.14. The second kappa shape index (κ2) is 6.07. The van der Waals surface area contributed by atoms with Crippen LogP contribution >= 0.6 is 11.6 Å². The van der Waals surface area contributed by atoms with Gasteiger partial charge in [0.25, 0.3) is 5.91 Å². The van der Waals surface area contributed by atoms with Gasteiger partial charge >= 0.3 is 0 Å². The van der Waals surface area contributed by atoms with Crippen LogP contribution in [0.4, 0.5) is 4.39 Å². The number of aromatic nitrogens is 2. The van der Waals surface area contributed by atoms with E-state index < -0.39 is 5.91 Å². The van der Waals surface area contributed by atoms with Gasteiger partial charge in [0.1, 0.15) is 11.6 Å². The molecule has 2 N–H and O–H groups in total. The van der Waals surface area contributed by atoms with Crippen LogP contribution in [0.3, 0.4) is 0 Å². The van der Waals surface area contributed by atoms with Crippen LogP contribution in [-0.4, -0.2) is 21.2 Å². The minimum Gasteiger partial charge on any atom is -0.364 e. The topological polar surface area (TPSA) is 73.3 Å². The quantitative estimate of drug-likeness (QED) is 0.752. The van der Waals surface area contributed by atoms with Crippen molar-refractivity contribution in [3.63, 3.8) is 0 Å². The lowest BCUT2D eigenvalue weighted by atomic mass is 10.00. The lowest BCUT2D eigenvalue weighted by molar-refractivity contribution is 0.0995. The first-order valence-corrected chi connectivity index (χ1v) is 8.33. The molecule has 1 aromatic heterocycles. The zero-order valence-electron chi connectivity index (χ0n) is 13.8. The number of primary amides is 1. The van der Waals surface area contributed by atoms with Gasteiger partial charge in [-0.2, -0.15) is 0 Å². The average molecular weight is 369 g/mol. The van der Waals surface area contributed by atoms with Crippen molar-refractivity contribution in [2.45, 2.75) is 13.5 Å². The fourth-order valence-electron chi connectivity index (χ4n) is 3.26. The molecule has 0 bridgehead atoms. The summed E-state index contributed by atoms with van der Waals surface area (Å²) in [7, 11) is 0. The molecule has 26 heavy (non-hydrogen) atoms. The number of nitrogens with two attached hydrogens (primary N) is 1. The van der Waals surface area contributed by atoms with Gasteiger partial charge in [0, 0.05) is 16.1 Å². The molecule has 0 saturated heterocycles. The molecule has 0 radical (unpaired) electrons. The molecule has 1 aliphatic heterocycles. The van der Waals surface area contributed by atoms with E-state index in [0.717, 1.165) is 5.69 Å². The Morgan fingerprint density at radius 1 is 1.23 bits per heavy atom. The number of nitrogens with zero attached hydrogens (tertiary/aromatic N) is 3. The Morgan fingerprint density at radius 2 is 2.00 bits per heavy atom. The minimum absolute atomic E-state index is 0.148. The van der Waals surface area contributed by atoms with Crippen molar-refractivity contribution in [1.29, 1.82) is 0 Å². The molecular weight excluding hydrogens is 355 g/mol. The summed E-state index contributed by atoms with van der Waals surface area (Å²) in [5, 5.41) is 0.504. The Hall–Kier alpha value is -2.99. The Labute approximate surface area is 154 Å². The second-order valence-electron chi connectivity index (χ2n) is 5.96. The predicted octanol–water partition coefficient (Wildman–Crippen LogP) is 3.42. The number of amides is 1. The Balaban J connectivity index is 2.05. The number of rotatable bonds is 2. The van der Waals surface area contributed by atoms with Crippen molar-refractivity contribution in [1.82, 2.24) is 9.55 Å². The monoisotopic (exact) mass is 368 g/mol. The van der Waals surface area contributed by atoms with Gasteiger partial charge in [-0.05, 0) is 37.3 Å². The third-order valence-electron chi connectivity index (χ3n) is 4.34. The highest BCUT2D eigenvalue weighted by Gasteiger charge is 2.26. The molecule has 130 valence electrons. The molecule has 4 rings (SSSR count). The maximum Gasteiger partial charge on any atom is 0.269 e. The zero-order chi connectivity index (χ0) is 18.4. The Bertz CT molecular complexity index is 1090. The number of hydrogen-bond donors (Lipinski definition) is 1. The van der Waals surface area contributed by atoms with Crippen LogP contribution in [0.15, 0.2) is 47.5 Å². The van der Waals surface area contributed by atoms with E-state index in [1.165, 1.54) is 6.07 Å². The van der Waals surface area contributed by atoms with Gasteiger partial charge in [-0.1, -0.05) is 23.7 Å². The average Bonchev–Trinajstić information content (AvgIpc) is 2.84. The van der Waals surface area contributed by atoms with E-state index in [1.54, 1.807) is 37.3 Å². The first-order valence-electron chi connectivity index (χ1n) is 7.95. The molecule has 7 heteroatoms. The number of hydrogen-bond acceptors (Lipinski definition) is 3. The summed E-state index contributed by atoms with van der Waals surface area (Å²) in [5.74, 6) is -0.405. The third-order valence-corrected chi connectivity index (χ3v) is 4.58. The predicted molar refractivity (Wildman–Crippen MR) is 97.6 cm³/mol. The summed E-state index contributed by atoms with van der Waals surface area (Å²) in [6.07, 6.45) is 0. The normalized spacial score (nSPS) is 12.8. The fourth-order valence-corrected chi connectivity index (χ4v) is 3.43. The highest BCUT2D eigenvalue weighted by atomic mass is 35.5. The summed E-state index contributed by atoms with van der Waals surface area (Å²) in [6.45, 7) is 1.93. The van der Waals surface area contributed by atoms with Crippen molar-refractivity contribution in [3.05, 3.63) is 81.6 Å². The number of halogens is 2. The number of aryl methyl sites for hydroxylation is 1. The van der Waals surface area contributed by atoms with E-state index >= 15 is 0 Å². The van der Waals surface area contributed by atoms with Gasteiger partial charge in [0.15, 0.2) is 5.69 Å². The Kier molecular flexibility index (Phi) is 3.85. The van der Waals surface area contributed by atoms with Gasteiger partial charge in [-0.15, -0.1) is 0 Å². The molecule has 0 spiro atoms. The highest BCUT2D eigenvalue weighted by Crippen LogP contribution is 2.30. The van der Waals surface area contributed by atoms with Crippen molar-refractivity contribution in [2.75, 3.05) is 0 Å². The molecule has 0 atom stereocenters. The fraction of sp³-hybridized carbons (Fsp3) is 0.105. The first-order chi connectivity index (χ1) is 12.5. The maximum absolute atomic E-state index is 14.4. The van der Waals surface area contributed by atoms with Crippen molar-refractivity contribution in [2.24, 2.45) is 10.7 Å². The van der Waals surface area contributed by atoms with Gasteiger partial charge in [-0.25, -0.2) is 9.37 Å². The molecule has 1 aliphatic rings. The molecule has 5 nitrogen and oxygen atoms in total. The standard InChI is InChI=1S/C19H14ClFN4O/c1-10-24-18(19(22)26)16-9-23-17(12-4-2-3-5-14(12)21)13-8-11(20)6-7-15(13)25(10)16/h2-8H,9H2,1H3,(H2,22,26). The van der Waals surface area contributed by atoms with Gasteiger partial charge in [-0.3, -0.25) is 14.4 Å². The Morgan fingerprint density at radius 3 is 2.73 bits per heavy atom. The molecule has 3 aromatic rings. The number of fused-ring (bicyclic) bond motifs is 3. The van der Waals surface area contributed by atoms with Crippen LogP contribution in [-0.2, 0) is 6.54 Å². The van der Waals surface area contributed by atoms with Crippen molar-refractivity contribution in [3.8, 4) is 5.69 Å². The van der Waals surface area contributed by atoms with Gasteiger partial charge in [0.05, 0.1) is 23.6 Å². The molecule has 2 aromatic carbocycles. The van der Waals surface area contributed by atoms with Crippen molar-refractivity contribution >= 4 is 23.2 Å². The molecule has 0 unspecified atom stereocenters. The van der Waals surface area contributed by atoms with Gasteiger partial charge in [0.2, 0.25) is 0 Å². The van der Waals surface area contributed by atoms with E-state index in [1.807, 2.05) is 10.6 Å². The van der Waals surface area contributed by atoms with Crippen molar-refractivity contribution < 1.29 is 9.18 Å². The molecule has 0 fully saturated rings. The SMILES string of the molecule is Cc1nc(C(N)=O)c2n1-c1ccc(Cl)cc1C(c1ccccc1F)=NC2. The van der Waals surface area contributed by atoms with E-state index in [0.29, 0.717) is 33.4 Å². The highest BCUT2D eigenvalue weighted by molar-refractivity contribution is 6.31. The van der Waals surface area contributed by atoms with E-state index in [-0.39, 0.29) is 18.1 Å². The van der Waals surface area contributed by atoms with Crippen LogP contribution in [0.25, 0.3) is 5.69 Å². The van der Waals surface area contributed by atoms with E-state index in [2.05, 4.69) is 9.98 Å². The van der Waals surface area contributed by atoms with E-state index in [4.69, 9.17) is 17.3 Å². The van der Waals surface area contributed by atoms with Crippen LogP contribution < -0.4 is 5.73 Å². The molecule has 2 heterocycles. The smallest absolute Gasteiger partial charge is 0.269 e. The molecule has 0 saturated carbocycles. The molecular formula is C19H14ClFN4O. The van der Waals surface area contributed by atoms with Crippen LogP contribution in [0, 0.1) is 12.7 Å². The van der Waals surface area contributed by atoms with Crippen LogP contribution in [0.2, 0.25) is 5.02 Å². The molecule has 1 amide bonds. The summed E-state index contributed by atoms with van der Waals surface area (Å²) < 4.78 is 16.3.